The van der Waals surface area contributed by atoms with E-state index in [1.54, 1.807) is 6.92 Å². The number of carbonyl (C=O) groups is 2. The van der Waals surface area contributed by atoms with Crippen LogP contribution in [0.3, 0.4) is 0 Å². The Kier molecular flexibility index (Phi) is 3.83. The van der Waals surface area contributed by atoms with Crippen LogP contribution in [0.25, 0.3) is 0 Å². The molecule has 0 radical (unpaired) electrons. The third-order valence-electron chi connectivity index (χ3n) is 2.88. The number of carboxylic acids is 1. The lowest BCUT2D eigenvalue weighted by molar-refractivity contribution is -0.130. The van der Waals surface area contributed by atoms with Crippen LogP contribution >= 0.6 is 11.5 Å². The largest absolute Gasteiger partial charge is 0.478 e. The standard InChI is InChI=1S/C11H15N3O4S/c1-6-8(10(16)17)9(19-14-6)13-7(15)3-18-11(2)4-12-5-11/h12H,3-5H2,1-2H3,(H,13,15)(H,16,17). The summed E-state index contributed by atoms with van der Waals surface area (Å²) in [6.07, 6.45) is 0. The van der Waals surface area contributed by atoms with Crippen LogP contribution in [0.1, 0.15) is 23.0 Å². The van der Waals surface area contributed by atoms with E-state index < -0.39 is 5.97 Å². The highest BCUT2D eigenvalue weighted by Crippen LogP contribution is 2.24. The lowest BCUT2D eigenvalue weighted by atomic mass is 10.0. The zero-order chi connectivity index (χ0) is 14.0. The molecule has 1 aliphatic heterocycles. The van der Waals surface area contributed by atoms with E-state index in [0.717, 1.165) is 11.5 Å². The van der Waals surface area contributed by atoms with Crippen molar-refractivity contribution >= 4 is 28.4 Å². The molecule has 1 fully saturated rings. The van der Waals surface area contributed by atoms with Crippen LogP contribution in [-0.2, 0) is 9.53 Å². The number of rotatable bonds is 5. The summed E-state index contributed by atoms with van der Waals surface area (Å²) in [5.74, 6) is -1.48. The fourth-order valence-electron chi connectivity index (χ4n) is 1.69. The summed E-state index contributed by atoms with van der Waals surface area (Å²) >= 11 is 0.955. The molecule has 7 nitrogen and oxygen atoms in total. The van der Waals surface area contributed by atoms with Gasteiger partial charge in [-0.2, -0.15) is 4.37 Å². The van der Waals surface area contributed by atoms with E-state index >= 15 is 0 Å². The van der Waals surface area contributed by atoms with Gasteiger partial charge in [-0.05, 0) is 25.4 Å². The SMILES string of the molecule is Cc1nsc(NC(=O)COC2(C)CNC2)c1C(=O)O. The van der Waals surface area contributed by atoms with E-state index in [9.17, 15) is 9.59 Å². The number of aromatic nitrogens is 1. The number of carboxylic acid groups (broad SMARTS) is 1. The molecule has 1 aliphatic rings. The van der Waals surface area contributed by atoms with Crippen molar-refractivity contribution in [2.45, 2.75) is 19.4 Å². The number of amides is 1. The summed E-state index contributed by atoms with van der Waals surface area (Å²) in [5, 5.41) is 14.9. The predicted octanol–water partition coefficient (Wildman–Crippen LogP) is 0.467. The second kappa shape index (κ2) is 5.24. The lowest BCUT2D eigenvalue weighted by Gasteiger charge is -2.38. The fraction of sp³-hybridized carbons (Fsp3) is 0.545. The zero-order valence-electron chi connectivity index (χ0n) is 10.6. The van der Waals surface area contributed by atoms with Gasteiger partial charge in [-0.25, -0.2) is 4.79 Å². The van der Waals surface area contributed by atoms with Crippen molar-refractivity contribution in [1.29, 1.82) is 0 Å². The molecule has 0 aromatic carbocycles. The number of hydrogen-bond acceptors (Lipinski definition) is 6. The topological polar surface area (TPSA) is 101 Å². The molecular formula is C11H15N3O4S. The third kappa shape index (κ3) is 3.09. The van der Waals surface area contributed by atoms with Gasteiger partial charge in [0, 0.05) is 13.1 Å². The van der Waals surface area contributed by atoms with Crippen molar-refractivity contribution in [3.63, 3.8) is 0 Å². The maximum atomic E-state index is 11.7. The number of aromatic carboxylic acids is 1. The first-order valence-corrected chi connectivity index (χ1v) is 6.53. The lowest BCUT2D eigenvalue weighted by Crippen LogP contribution is -2.59. The zero-order valence-corrected chi connectivity index (χ0v) is 11.5. The number of carbonyl (C=O) groups excluding carboxylic acids is 1. The van der Waals surface area contributed by atoms with Gasteiger partial charge in [0.2, 0.25) is 0 Å². The van der Waals surface area contributed by atoms with Crippen molar-refractivity contribution in [1.82, 2.24) is 9.69 Å². The minimum absolute atomic E-state index is 0.0369. The van der Waals surface area contributed by atoms with Gasteiger partial charge >= 0.3 is 5.97 Å². The Labute approximate surface area is 114 Å². The molecule has 1 saturated heterocycles. The molecule has 104 valence electrons. The minimum atomic E-state index is -1.10. The first-order valence-electron chi connectivity index (χ1n) is 5.75. The Morgan fingerprint density at radius 1 is 1.58 bits per heavy atom. The van der Waals surface area contributed by atoms with E-state index in [0.29, 0.717) is 18.8 Å². The van der Waals surface area contributed by atoms with E-state index in [4.69, 9.17) is 9.84 Å². The molecular weight excluding hydrogens is 270 g/mol. The molecule has 2 rings (SSSR count). The van der Waals surface area contributed by atoms with Gasteiger partial charge in [-0.3, -0.25) is 4.79 Å². The molecule has 19 heavy (non-hydrogen) atoms. The quantitative estimate of drug-likeness (QED) is 0.727. The first kappa shape index (κ1) is 13.9. The maximum absolute atomic E-state index is 11.7. The molecule has 0 spiro atoms. The number of ether oxygens (including phenoxy) is 1. The highest BCUT2D eigenvalue weighted by atomic mass is 32.1. The summed E-state index contributed by atoms with van der Waals surface area (Å²) in [6, 6.07) is 0. The van der Waals surface area contributed by atoms with Crippen LogP contribution in [0.4, 0.5) is 5.00 Å². The van der Waals surface area contributed by atoms with Gasteiger partial charge in [0.05, 0.1) is 11.3 Å². The number of aryl methyl sites for hydroxylation is 1. The normalized spacial score (nSPS) is 16.7. The Morgan fingerprint density at radius 3 is 2.79 bits per heavy atom. The molecule has 2 heterocycles. The molecule has 0 atom stereocenters. The van der Waals surface area contributed by atoms with Crippen molar-refractivity contribution in [2.75, 3.05) is 25.0 Å². The second-order valence-corrected chi connectivity index (χ2v) is 5.44. The van der Waals surface area contributed by atoms with Gasteiger partial charge in [0.15, 0.2) is 0 Å². The van der Waals surface area contributed by atoms with Crippen LogP contribution in [-0.4, -0.2) is 46.7 Å². The molecule has 0 aliphatic carbocycles. The number of nitrogens with zero attached hydrogens (tertiary/aromatic N) is 1. The highest BCUT2D eigenvalue weighted by Gasteiger charge is 2.33. The summed E-state index contributed by atoms with van der Waals surface area (Å²) in [5.41, 5.74) is 0.120. The van der Waals surface area contributed by atoms with E-state index in [2.05, 4.69) is 15.0 Å². The smallest absolute Gasteiger partial charge is 0.340 e. The molecule has 1 aromatic heterocycles. The molecule has 3 N–H and O–H groups in total. The van der Waals surface area contributed by atoms with Crippen molar-refractivity contribution in [3.05, 3.63) is 11.3 Å². The fourth-order valence-corrected chi connectivity index (χ4v) is 2.49. The Balaban J connectivity index is 1.93. The molecule has 0 bridgehead atoms. The van der Waals surface area contributed by atoms with Gasteiger partial charge in [-0.15, -0.1) is 0 Å². The average molecular weight is 285 g/mol. The highest BCUT2D eigenvalue weighted by molar-refractivity contribution is 7.11. The Hall–Kier alpha value is -1.51. The molecule has 8 heteroatoms. The van der Waals surface area contributed by atoms with Crippen LogP contribution < -0.4 is 10.6 Å². The van der Waals surface area contributed by atoms with E-state index in [1.165, 1.54) is 0 Å². The Morgan fingerprint density at radius 2 is 2.26 bits per heavy atom. The molecule has 1 aromatic rings. The number of nitrogens with one attached hydrogen (secondary N) is 2. The summed E-state index contributed by atoms with van der Waals surface area (Å²) in [4.78, 5) is 22.7. The number of hydrogen-bond donors (Lipinski definition) is 3. The van der Waals surface area contributed by atoms with Gasteiger partial charge in [0.1, 0.15) is 17.2 Å². The van der Waals surface area contributed by atoms with Crippen LogP contribution in [0.2, 0.25) is 0 Å². The van der Waals surface area contributed by atoms with Gasteiger partial charge in [-0.1, -0.05) is 0 Å². The predicted molar refractivity (Wildman–Crippen MR) is 69.7 cm³/mol. The van der Waals surface area contributed by atoms with E-state index in [-0.39, 0.29) is 28.7 Å². The number of anilines is 1. The van der Waals surface area contributed by atoms with Gasteiger partial charge in [0.25, 0.3) is 5.91 Å². The Bertz CT molecular complexity index is 510. The van der Waals surface area contributed by atoms with Crippen LogP contribution in [0.15, 0.2) is 0 Å². The summed E-state index contributed by atoms with van der Waals surface area (Å²) in [6.45, 7) is 4.82. The van der Waals surface area contributed by atoms with Crippen LogP contribution in [0, 0.1) is 6.92 Å². The van der Waals surface area contributed by atoms with Crippen molar-refractivity contribution in [3.8, 4) is 0 Å². The molecule has 1 amide bonds. The van der Waals surface area contributed by atoms with Gasteiger partial charge < -0.3 is 20.5 Å². The van der Waals surface area contributed by atoms with E-state index in [1.807, 2.05) is 6.92 Å². The third-order valence-corrected chi connectivity index (χ3v) is 3.73. The van der Waals surface area contributed by atoms with Crippen molar-refractivity contribution in [2.24, 2.45) is 0 Å². The van der Waals surface area contributed by atoms with Crippen molar-refractivity contribution < 1.29 is 19.4 Å². The first-order chi connectivity index (χ1) is 8.91. The minimum Gasteiger partial charge on any atom is -0.478 e. The monoisotopic (exact) mass is 285 g/mol. The second-order valence-electron chi connectivity index (χ2n) is 4.67. The van der Waals surface area contributed by atoms with Crippen LogP contribution in [0.5, 0.6) is 0 Å². The summed E-state index contributed by atoms with van der Waals surface area (Å²) < 4.78 is 9.39. The summed E-state index contributed by atoms with van der Waals surface area (Å²) in [7, 11) is 0. The molecule has 0 unspecified atom stereocenters. The average Bonchev–Trinajstić information content (AvgIpc) is 2.65. The maximum Gasteiger partial charge on any atom is 0.340 e. The molecule has 0 saturated carbocycles.